The Morgan fingerprint density at radius 1 is 1.14 bits per heavy atom. The second kappa shape index (κ2) is 7.58. The number of fused-ring (bicyclic) bond motifs is 2. The summed E-state index contributed by atoms with van der Waals surface area (Å²) in [7, 11) is 0. The summed E-state index contributed by atoms with van der Waals surface area (Å²) in [4.78, 5) is 2.26. The van der Waals surface area contributed by atoms with Crippen LogP contribution in [0.4, 0.5) is 0 Å². The third-order valence-corrected chi connectivity index (χ3v) is 5.73. The number of nitrogens with zero attached hydrogens (tertiary/aromatic N) is 1. The number of ether oxygens (including phenoxy) is 2. The lowest BCUT2D eigenvalue weighted by atomic mass is 9.88. The molecule has 0 radical (unpaired) electrons. The fraction of sp³-hybridized carbons (Fsp3) is 1.00. The van der Waals surface area contributed by atoms with Gasteiger partial charge in [-0.3, -0.25) is 4.90 Å². The third-order valence-electron chi connectivity index (χ3n) is 5.73. The lowest BCUT2D eigenvalue weighted by Crippen LogP contribution is -2.64. The molecule has 2 bridgehead atoms. The maximum atomic E-state index is 10.9. The molecule has 0 aromatic heterocycles. The Hall–Kier alpha value is -0.200. The highest BCUT2D eigenvalue weighted by Crippen LogP contribution is 2.32. The molecule has 0 aromatic carbocycles. The van der Waals surface area contributed by atoms with Crippen molar-refractivity contribution < 1.29 is 14.6 Å². The van der Waals surface area contributed by atoms with Crippen molar-refractivity contribution in [2.45, 2.75) is 76.5 Å². The van der Waals surface area contributed by atoms with Crippen molar-refractivity contribution in [1.29, 1.82) is 0 Å². The Kier molecular flexibility index (Phi) is 5.74. The number of hydrogen-bond donors (Lipinski definition) is 2. The standard InChI is InChI=1S/C17H32N2O3/c1-3-19(4-2)15-16(20)14(13-11-21-17(15)22-13)18-10-12-8-6-5-7-9-12/h12-18,20H,3-11H2,1-2H3/t13-,14-,15-,16+,17-/m1/s1. The molecular formula is C17H32N2O3. The Morgan fingerprint density at radius 3 is 2.55 bits per heavy atom. The van der Waals surface area contributed by atoms with Gasteiger partial charge in [0.1, 0.15) is 6.10 Å². The molecule has 1 saturated carbocycles. The van der Waals surface area contributed by atoms with Gasteiger partial charge in [-0.05, 0) is 38.4 Å². The van der Waals surface area contributed by atoms with E-state index in [9.17, 15) is 5.11 Å². The van der Waals surface area contributed by atoms with E-state index in [-0.39, 0.29) is 24.5 Å². The largest absolute Gasteiger partial charge is 0.390 e. The first kappa shape index (κ1) is 16.7. The number of aliphatic hydroxyl groups is 1. The summed E-state index contributed by atoms with van der Waals surface area (Å²) in [6.07, 6.45) is 6.03. The number of likely N-dealkylation sites (N-methyl/N-ethyl adjacent to an activating group) is 1. The van der Waals surface area contributed by atoms with Gasteiger partial charge >= 0.3 is 0 Å². The Balaban J connectivity index is 1.62. The van der Waals surface area contributed by atoms with E-state index in [1.165, 1.54) is 32.1 Å². The first-order valence-electron chi connectivity index (χ1n) is 9.17. The second-order valence-electron chi connectivity index (χ2n) is 7.02. The fourth-order valence-electron chi connectivity index (χ4n) is 4.38. The number of nitrogens with one attached hydrogen (secondary N) is 1. The summed E-state index contributed by atoms with van der Waals surface area (Å²) < 4.78 is 11.8. The second-order valence-corrected chi connectivity index (χ2v) is 7.02. The molecule has 0 amide bonds. The third kappa shape index (κ3) is 3.34. The molecule has 5 nitrogen and oxygen atoms in total. The highest BCUT2D eigenvalue weighted by molar-refractivity contribution is 5.01. The molecule has 0 aromatic rings. The topological polar surface area (TPSA) is 54.0 Å². The van der Waals surface area contributed by atoms with Crippen molar-refractivity contribution >= 4 is 0 Å². The summed E-state index contributed by atoms with van der Waals surface area (Å²) in [5.41, 5.74) is 0. The molecule has 5 atom stereocenters. The molecule has 1 aliphatic carbocycles. The fourth-order valence-corrected chi connectivity index (χ4v) is 4.38. The predicted molar refractivity (Wildman–Crippen MR) is 85.7 cm³/mol. The predicted octanol–water partition coefficient (Wildman–Crippen LogP) is 1.35. The highest BCUT2D eigenvalue weighted by atomic mass is 16.7. The molecule has 3 rings (SSSR count). The quantitative estimate of drug-likeness (QED) is 0.775. The van der Waals surface area contributed by atoms with E-state index in [1.54, 1.807) is 0 Å². The summed E-state index contributed by atoms with van der Waals surface area (Å²) in [6.45, 7) is 7.66. The van der Waals surface area contributed by atoms with Crippen LogP contribution in [-0.4, -0.2) is 66.8 Å². The molecule has 0 spiro atoms. The van der Waals surface area contributed by atoms with Crippen molar-refractivity contribution in [2.75, 3.05) is 26.2 Å². The first-order valence-corrected chi connectivity index (χ1v) is 9.17. The molecule has 0 unspecified atom stereocenters. The van der Waals surface area contributed by atoms with Crippen molar-refractivity contribution in [3.05, 3.63) is 0 Å². The zero-order valence-corrected chi connectivity index (χ0v) is 14.0. The van der Waals surface area contributed by atoms with Gasteiger partial charge in [0.15, 0.2) is 6.29 Å². The Bertz CT molecular complexity index is 343. The molecule has 128 valence electrons. The zero-order valence-electron chi connectivity index (χ0n) is 14.0. The van der Waals surface area contributed by atoms with Crippen LogP contribution in [0.1, 0.15) is 46.0 Å². The van der Waals surface area contributed by atoms with Crippen LogP contribution in [0.25, 0.3) is 0 Å². The number of rotatable bonds is 6. The van der Waals surface area contributed by atoms with Crippen LogP contribution in [0.3, 0.4) is 0 Å². The van der Waals surface area contributed by atoms with Gasteiger partial charge in [-0.25, -0.2) is 0 Å². The van der Waals surface area contributed by atoms with Gasteiger partial charge in [0.25, 0.3) is 0 Å². The van der Waals surface area contributed by atoms with E-state index in [2.05, 4.69) is 24.1 Å². The highest BCUT2D eigenvalue weighted by Gasteiger charge is 2.51. The van der Waals surface area contributed by atoms with E-state index in [0.717, 1.165) is 25.6 Å². The molecule has 22 heavy (non-hydrogen) atoms. The molecule has 3 aliphatic rings. The van der Waals surface area contributed by atoms with E-state index < -0.39 is 6.10 Å². The van der Waals surface area contributed by atoms with Crippen molar-refractivity contribution in [2.24, 2.45) is 5.92 Å². The minimum absolute atomic E-state index is 0.00426. The van der Waals surface area contributed by atoms with Crippen LogP contribution in [0, 0.1) is 5.92 Å². The van der Waals surface area contributed by atoms with Gasteiger partial charge in [-0.1, -0.05) is 33.1 Å². The minimum atomic E-state index is -0.422. The van der Waals surface area contributed by atoms with Crippen LogP contribution in [-0.2, 0) is 9.47 Å². The van der Waals surface area contributed by atoms with Gasteiger partial charge in [0.2, 0.25) is 0 Å². The summed E-state index contributed by atoms with van der Waals surface area (Å²) >= 11 is 0. The Morgan fingerprint density at radius 2 is 1.86 bits per heavy atom. The van der Waals surface area contributed by atoms with E-state index >= 15 is 0 Å². The molecule has 2 aliphatic heterocycles. The van der Waals surface area contributed by atoms with Gasteiger partial charge in [0, 0.05) is 0 Å². The van der Waals surface area contributed by atoms with Crippen LogP contribution in [0.2, 0.25) is 0 Å². The van der Waals surface area contributed by atoms with E-state index in [1.807, 2.05) is 0 Å². The molecule has 2 saturated heterocycles. The van der Waals surface area contributed by atoms with Crippen LogP contribution < -0.4 is 5.32 Å². The monoisotopic (exact) mass is 312 g/mol. The maximum Gasteiger partial charge on any atom is 0.176 e. The average molecular weight is 312 g/mol. The first-order chi connectivity index (χ1) is 10.7. The lowest BCUT2D eigenvalue weighted by molar-refractivity contribution is -0.181. The van der Waals surface area contributed by atoms with E-state index in [4.69, 9.17) is 9.47 Å². The smallest absolute Gasteiger partial charge is 0.176 e. The van der Waals surface area contributed by atoms with Gasteiger partial charge in [-0.2, -0.15) is 0 Å². The van der Waals surface area contributed by atoms with E-state index in [0.29, 0.717) is 6.61 Å². The number of aliphatic hydroxyl groups excluding tert-OH is 1. The SMILES string of the molecule is CCN(CC)[C@H]1[C@@H]2OC[C@@H](O2)[C@@H](NCC2CCCCC2)[C@@H]1O. The van der Waals surface area contributed by atoms with Crippen molar-refractivity contribution in [3.8, 4) is 0 Å². The normalized spacial score (nSPS) is 39.5. The van der Waals surface area contributed by atoms with Crippen LogP contribution in [0.5, 0.6) is 0 Å². The van der Waals surface area contributed by atoms with Crippen LogP contribution >= 0.6 is 0 Å². The maximum absolute atomic E-state index is 10.9. The summed E-state index contributed by atoms with van der Waals surface area (Å²) in [5.74, 6) is 0.757. The molecule has 2 N–H and O–H groups in total. The van der Waals surface area contributed by atoms with Crippen molar-refractivity contribution in [3.63, 3.8) is 0 Å². The minimum Gasteiger partial charge on any atom is -0.390 e. The lowest BCUT2D eigenvalue weighted by Gasteiger charge is -2.44. The van der Waals surface area contributed by atoms with Gasteiger partial charge < -0.3 is 19.9 Å². The summed E-state index contributed by atoms with van der Waals surface area (Å²) in [6, 6.07) is -0.0658. The molecule has 2 heterocycles. The zero-order chi connectivity index (χ0) is 15.5. The van der Waals surface area contributed by atoms with Gasteiger partial charge in [-0.15, -0.1) is 0 Å². The summed E-state index contributed by atoms with van der Waals surface area (Å²) in [5, 5.41) is 14.5. The molecule has 3 fully saturated rings. The molecular weight excluding hydrogens is 280 g/mol. The van der Waals surface area contributed by atoms with Gasteiger partial charge in [0.05, 0.1) is 24.8 Å². The average Bonchev–Trinajstić information content (AvgIpc) is 2.97. The van der Waals surface area contributed by atoms with Crippen LogP contribution in [0.15, 0.2) is 0 Å². The Labute approximate surface area is 134 Å². The van der Waals surface area contributed by atoms with Crippen molar-refractivity contribution in [1.82, 2.24) is 10.2 Å². The molecule has 5 heteroatoms. The number of hydrogen-bond acceptors (Lipinski definition) is 5.